The highest BCUT2D eigenvalue weighted by Crippen LogP contribution is 2.41. The molecule has 4 nitrogen and oxygen atoms in total. The van der Waals surface area contributed by atoms with Gasteiger partial charge >= 0.3 is 0 Å². The van der Waals surface area contributed by atoms with Crippen LogP contribution < -0.4 is 0 Å². The summed E-state index contributed by atoms with van der Waals surface area (Å²) in [5, 5.41) is 14.3. The Kier molecular flexibility index (Phi) is 2.88. The molecule has 1 aromatic heterocycles. The van der Waals surface area contributed by atoms with Crippen LogP contribution in [0.1, 0.15) is 28.7 Å². The van der Waals surface area contributed by atoms with Crippen LogP contribution in [0.3, 0.4) is 0 Å². The van der Waals surface area contributed by atoms with Gasteiger partial charge in [0.1, 0.15) is 0 Å². The SMILES string of the molecule is C1=Cc2cc3c(cc2Sc2cc(-c4nn[nH]n4)ccc21)CCC3. The van der Waals surface area contributed by atoms with E-state index in [9.17, 15) is 0 Å². The van der Waals surface area contributed by atoms with Crippen molar-refractivity contribution < 1.29 is 0 Å². The van der Waals surface area contributed by atoms with Crippen LogP contribution in [0.5, 0.6) is 0 Å². The van der Waals surface area contributed by atoms with Gasteiger partial charge in [-0.05, 0) is 58.9 Å². The highest BCUT2D eigenvalue weighted by molar-refractivity contribution is 7.99. The van der Waals surface area contributed by atoms with E-state index in [2.05, 4.69) is 57.0 Å². The molecule has 2 heterocycles. The first-order valence-corrected chi connectivity index (χ1v) is 8.58. The highest BCUT2D eigenvalue weighted by Gasteiger charge is 2.17. The van der Waals surface area contributed by atoms with Gasteiger partial charge in [0, 0.05) is 15.4 Å². The Morgan fingerprint density at radius 3 is 2.61 bits per heavy atom. The molecule has 0 radical (unpaired) electrons. The van der Waals surface area contributed by atoms with E-state index < -0.39 is 0 Å². The van der Waals surface area contributed by atoms with Gasteiger partial charge in [0.25, 0.3) is 0 Å². The van der Waals surface area contributed by atoms with E-state index in [1.54, 1.807) is 0 Å². The van der Waals surface area contributed by atoms with E-state index >= 15 is 0 Å². The molecule has 1 aliphatic carbocycles. The smallest absolute Gasteiger partial charge is 0.177 e. The van der Waals surface area contributed by atoms with Crippen molar-refractivity contribution in [3.05, 3.63) is 52.6 Å². The van der Waals surface area contributed by atoms with Crippen molar-refractivity contribution in [3.8, 4) is 11.4 Å². The van der Waals surface area contributed by atoms with Gasteiger partial charge in [-0.3, -0.25) is 0 Å². The number of benzene rings is 2. The fourth-order valence-electron chi connectivity index (χ4n) is 3.32. The molecule has 5 heteroatoms. The lowest BCUT2D eigenvalue weighted by Gasteiger charge is -2.09. The summed E-state index contributed by atoms with van der Waals surface area (Å²) in [6.07, 6.45) is 8.15. The zero-order chi connectivity index (χ0) is 15.2. The topological polar surface area (TPSA) is 54.5 Å². The summed E-state index contributed by atoms with van der Waals surface area (Å²) < 4.78 is 0. The number of tetrazole rings is 1. The molecule has 2 aliphatic rings. The maximum atomic E-state index is 4.08. The van der Waals surface area contributed by atoms with Crippen LogP contribution in [0.15, 0.2) is 40.1 Å². The number of H-pyrrole nitrogens is 1. The third-order valence-corrected chi connectivity index (χ3v) is 5.65. The summed E-state index contributed by atoms with van der Waals surface area (Å²) in [7, 11) is 0. The van der Waals surface area contributed by atoms with Gasteiger partial charge in [-0.15, -0.1) is 10.2 Å². The number of rotatable bonds is 1. The Balaban J connectivity index is 1.61. The van der Waals surface area contributed by atoms with Crippen LogP contribution in [-0.2, 0) is 12.8 Å². The van der Waals surface area contributed by atoms with Gasteiger partial charge in [-0.2, -0.15) is 5.21 Å². The average Bonchev–Trinajstić information content (AvgIpc) is 3.21. The zero-order valence-corrected chi connectivity index (χ0v) is 13.2. The van der Waals surface area contributed by atoms with E-state index in [0.717, 1.165) is 5.56 Å². The first-order valence-electron chi connectivity index (χ1n) is 7.76. The van der Waals surface area contributed by atoms with Crippen LogP contribution in [-0.4, -0.2) is 20.6 Å². The van der Waals surface area contributed by atoms with Gasteiger partial charge < -0.3 is 0 Å². The maximum absolute atomic E-state index is 4.08. The number of aromatic nitrogens is 4. The third kappa shape index (κ3) is 2.19. The monoisotopic (exact) mass is 318 g/mol. The summed E-state index contributed by atoms with van der Waals surface area (Å²) in [6.45, 7) is 0. The van der Waals surface area contributed by atoms with Crippen molar-refractivity contribution in [1.29, 1.82) is 0 Å². The molecular weight excluding hydrogens is 304 g/mol. The minimum absolute atomic E-state index is 0.635. The Labute approximate surface area is 138 Å². The normalized spacial score (nSPS) is 15.0. The van der Waals surface area contributed by atoms with E-state index in [0.29, 0.717) is 5.82 Å². The summed E-state index contributed by atoms with van der Waals surface area (Å²) in [4.78, 5) is 2.58. The number of nitrogens with zero attached hydrogens (tertiary/aromatic N) is 3. The minimum Gasteiger partial charge on any atom is -0.177 e. The Hall–Kier alpha value is -2.40. The van der Waals surface area contributed by atoms with Crippen molar-refractivity contribution in [2.24, 2.45) is 0 Å². The molecule has 2 aromatic carbocycles. The molecule has 5 rings (SSSR count). The predicted octanol–water partition coefficient (Wildman–Crippen LogP) is 3.99. The largest absolute Gasteiger partial charge is 0.204 e. The van der Waals surface area contributed by atoms with Crippen LogP contribution in [0, 0.1) is 0 Å². The fourth-order valence-corrected chi connectivity index (χ4v) is 4.44. The third-order valence-electron chi connectivity index (χ3n) is 4.50. The number of aryl methyl sites for hydroxylation is 2. The summed E-state index contributed by atoms with van der Waals surface area (Å²) in [6, 6.07) is 11.1. The first kappa shape index (κ1) is 13.1. The quantitative estimate of drug-likeness (QED) is 0.576. The molecule has 0 atom stereocenters. The standard InChI is InChI=1S/C18H14N4S/c1-2-12-8-14-6-4-11-5-7-15(18-19-21-22-20-18)10-16(11)23-17(14)9-13(12)3-1/h4-10H,1-3H2,(H,19,20,21,22). The van der Waals surface area contributed by atoms with E-state index in [4.69, 9.17) is 0 Å². The van der Waals surface area contributed by atoms with Gasteiger partial charge in [0.05, 0.1) is 0 Å². The molecular formula is C18H14N4S. The second-order valence-electron chi connectivity index (χ2n) is 5.94. The fraction of sp³-hybridized carbons (Fsp3) is 0.167. The van der Waals surface area contributed by atoms with Crippen LogP contribution >= 0.6 is 11.8 Å². The molecule has 1 aliphatic heterocycles. The number of hydrogen-bond donors (Lipinski definition) is 1. The van der Waals surface area contributed by atoms with Crippen molar-refractivity contribution in [1.82, 2.24) is 20.6 Å². The van der Waals surface area contributed by atoms with E-state index in [1.165, 1.54) is 51.3 Å². The molecule has 23 heavy (non-hydrogen) atoms. The first-order chi connectivity index (χ1) is 11.4. The Morgan fingerprint density at radius 2 is 1.74 bits per heavy atom. The Bertz CT molecular complexity index is 928. The lowest BCUT2D eigenvalue weighted by molar-refractivity contribution is 0.881. The predicted molar refractivity (Wildman–Crippen MR) is 91.1 cm³/mol. The van der Waals surface area contributed by atoms with Crippen LogP contribution in [0.25, 0.3) is 23.5 Å². The molecule has 0 unspecified atom stereocenters. The molecule has 0 amide bonds. The number of nitrogens with one attached hydrogen (secondary N) is 1. The number of aromatic amines is 1. The van der Waals surface area contributed by atoms with Crippen molar-refractivity contribution in [2.75, 3.05) is 0 Å². The maximum Gasteiger partial charge on any atom is 0.204 e. The summed E-state index contributed by atoms with van der Waals surface area (Å²) in [5.41, 5.74) is 6.59. The summed E-state index contributed by atoms with van der Waals surface area (Å²) in [5.74, 6) is 0.635. The zero-order valence-electron chi connectivity index (χ0n) is 12.4. The lowest BCUT2D eigenvalue weighted by atomic mass is 10.0. The molecule has 0 bridgehead atoms. The molecule has 3 aromatic rings. The van der Waals surface area contributed by atoms with Gasteiger partial charge in [0.2, 0.25) is 5.82 Å². The lowest BCUT2D eigenvalue weighted by Crippen LogP contribution is -1.88. The number of hydrogen-bond acceptors (Lipinski definition) is 4. The molecule has 1 N–H and O–H groups in total. The van der Waals surface area contributed by atoms with Gasteiger partial charge in [-0.1, -0.05) is 42.1 Å². The van der Waals surface area contributed by atoms with E-state index in [1.807, 2.05) is 17.8 Å². The molecule has 0 fully saturated rings. The minimum atomic E-state index is 0.635. The van der Waals surface area contributed by atoms with Crippen LogP contribution in [0.4, 0.5) is 0 Å². The molecule has 0 saturated carbocycles. The van der Waals surface area contributed by atoms with Crippen LogP contribution in [0.2, 0.25) is 0 Å². The Morgan fingerprint density at radius 1 is 0.913 bits per heavy atom. The van der Waals surface area contributed by atoms with Crippen molar-refractivity contribution >= 4 is 23.9 Å². The molecule has 0 saturated heterocycles. The van der Waals surface area contributed by atoms with E-state index in [-0.39, 0.29) is 0 Å². The second-order valence-corrected chi connectivity index (χ2v) is 7.02. The van der Waals surface area contributed by atoms with Crippen molar-refractivity contribution in [2.45, 2.75) is 29.1 Å². The molecule has 0 spiro atoms. The van der Waals surface area contributed by atoms with Gasteiger partial charge in [0.15, 0.2) is 0 Å². The van der Waals surface area contributed by atoms with Crippen molar-refractivity contribution in [3.63, 3.8) is 0 Å². The summed E-state index contributed by atoms with van der Waals surface area (Å²) >= 11 is 1.83. The molecule has 112 valence electrons. The highest BCUT2D eigenvalue weighted by atomic mass is 32.2. The van der Waals surface area contributed by atoms with Gasteiger partial charge in [-0.25, -0.2) is 0 Å². The second kappa shape index (κ2) is 5.06. The number of fused-ring (bicyclic) bond motifs is 3. The average molecular weight is 318 g/mol.